The average Bonchev–Trinajstić information content (AvgIpc) is 3.36. The summed E-state index contributed by atoms with van der Waals surface area (Å²) in [4.78, 5) is 56.8. The number of likely N-dealkylation sites (tertiary alicyclic amines) is 1. The van der Waals surface area contributed by atoms with Crippen LogP contribution >= 0.6 is 0 Å². The second-order valence-corrected chi connectivity index (χ2v) is 13.3. The Morgan fingerprint density at radius 3 is 2.43 bits per heavy atom. The van der Waals surface area contributed by atoms with E-state index in [0.717, 1.165) is 56.9 Å². The number of nitrogens with zero attached hydrogens (tertiary/aromatic N) is 2. The minimum Gasteiger partial charge on any atom is -0.444 e. The van der Waals surface area contributed by atoms with Gasteiger partial charge in [-0.2, -0.15) is 0 Å². The zero-order valence-corrected chi connectivity index (χ0v) is 25.9. The summed E-state index contributed by atoms with van der Waals surface area (Å²) in [6.45, 7) is 7.17. The predicted octanol–water partition coefficient (Wildman–Crippen LogP) is 3.43. The first-order valence-electron chi connectivity index (χ1n) is 15.6. The van der Waals surface area contributed by atoms with E-state index in [2.05, 4.69) is 22.8 Å². The van der Waals surface area contributed by atoms with Crippen molar-refractivity contribution in [1.82, 2.24) is 20.4 Å². The number of carbonyl (C=O) groups excluding carboxylic acids is 4. The summed E-state index contributed by atoms with van der Waals surface area (Å²) < 4.78 is 5.43. The second kappa shape index (κ2) is 13.4. The maximum atomic E-state index is 14.2. The van der Waals surface area contributed by atoms with Gasteiger partial charge in [0.05, 0.1) is 6.04 Å². The van der Waals surface area contributed by atoms with Gasteiger partial charge in [-0.25, -0.2) is 4.79 Å². The fourth-order valence-corrected chi connectivity index (χ4v) is 6.50. The fraction of sp³-hybridized carbons (Fsp3) is 0.688. The molecule has 4 rings (SSSR count). The molecule has 5 unspecified atom stereocenters. The van der Waals surface area contributed by atoms with Crippen molar-refractivity contribution in [2.24, 2.45) is 11.7 Å². The summed E-state index contributed by atoms with van der Waals surface area (Å²) in [6, 6.07) is 5.38. The lowest BCUT2D eigenvalue weighted by molar-refractivity contribution is -0.143. The SMILES string of the molecule is CC(C(=O)NC(C(=O)N1CC(N)CC1C(=O)NC1CCCc2ccccc21)C1CCCCC1)N(C)C(=O)OC(C)(C)C. The number of amides is 4. The number of ether oxygens (including phenoxy) is 1. The maximum absolute atomic E-state index is 14.2. The fourth-order valence-electron chi connectivity index (χ4n) is 6.50. The molecule has 42 heavy (non-hydrogen) atoms. The highest BCUT2D eigenvalue weighted by molar-refractivity contribution is 5.94. The Morgan fingerprint density at radius 2 is 1.74 bits per heavy atom. The van der Waals surface area contributed by atoms with E-state index in [1.807, 2.05) is 12.1 Å². The molecule has 10 nitrogen and oxygen atoms in total. The molecule has 1 aromatic rings. The van der Waals surface area contributed by atoms with E-state index in [1.165, 1.54) is 17.5 Å². The summed E-state index contributed by atoms with van der Waals surface area (Å²) in [5.74, 6) is -0.972. The molecule has 5 atom stereocenters. The second-order valence-electron chi connectivity index (χ2n) is 13.3. The van der Waals surface area contributed by atoms with Gasteiger partial charge in [0.25, 0.3) is 0 Å². The van der Waals surface area contributed by atoms with Crippen LogP contribution in [0.5, 0.6) is 0 Å². The quantitative estimate of drug-likeness (QED) is 0.450. The van der Waals surface area contributed by atoms with Crippen molar-refractivity contribution < 1.29 is 23.9 Å². The molecule has 3 aliphatic rings. The summed E-state index contributed by atoms with van der Waals surface area (Å²) in [6.07, 6.45) is 7.24. The van der Waals surface area contributed by atoms with Gasteiger partial charge >= 0.3 is 6.09 Å². The molecule has 4 amide bonds. The van der Waals surface area contributed by atoms with Crippen molar-refractivity contribution in [2.75, 3.05) is 13.6 Å². The third-order valence-electron chi connectivity index (χ3n) is 8.93. The monoisotopic (exact) mass is 583 g/mol. The van der Waals surface area contributed by atoms with Crippen LogP contribution in [0.4, 0.5) is 4.79 Å². The number of nitrogens with two attached hydrogens (primary N) is 1. The third kappa shape index (κ3) is 7.62. The highest BCUT2D eigenvalue weighted by Gasteiger charge is 2.44. The first-order chi connectivity index (χ1) is 19.9. The van der Waals surface area contributed by atoms with Crippen LogP contribution in [0.2, 0.25) is 0 Å². The van der Waals surface area contributed by atoms with Gasteiger partial charge in [0.15, 0.2) is 0 Å². The molecule has 232 valence electrons. The number of hydrogen-bond donors (Lipinski definition) is 3. The highest BCUT2D eigenvalue weighted by Crippen LogP contribution is 2.32. The lowest BCUT2D eigenvalue weighted by Gasteiger charge is -2.36. The van der Waals surface area contributed by atoms with Gasteiger partial charge in [0, 0.05) is 19.6 Å². The van der Waals surface area contributed by atoms with Gasteiger partial charge in [-0.15, -0.1) is 0 Å². The molecule has 2 aliphatic carbocycles. The van der Waals surface area contributed by atoms with Gasteiger partial charge < -0.3 is 26.0 Å². The number of aryl methyl sites for hydroxylation is 1. The van der Waals surface area contributed by atoms with Crippen LogP contribution in [0.25, 0.3) is 0 Å². The van der Waals surface area contributed by atoms with Gasteiger partial charge in [0.1, 0.15) is 23.7 Å². The number of likely N-dealkylation sites (N-methyl/N-ethyl adjacent to an activating group) is 1. The van der Waals surface area contributed by atoms with Crippen molar-refractivity contribution in [3.8, 4) is 0 Å². The predicted molar refractivity (Wildman–Crippen MR) is 160 cm³/mol. The zero-order chi connectivity index (χ0) is 30.6. The first kappa shape index (κ1) is 31.8. The molecule has 0 aromatic heterocycles. The Bertz CT molecular complexity index is 1140. The first-order valence-corrected chi connectivity index (χ1v) is 15.6. The number of carbonyl (C=O) groups is 4. The number of hydrogen-bond acceptors (Lipinski definition) is 6. The summed E-state index contributed by atoms with van der Waals surface area (Å²) >= 11 is 0. The average molecular weight is 584 g/mol. The van der Waals surface area contributed by atoms with Crippen molar-refractivity contribution in [3.05, 3.63) is 35.4 Å². The summed E-state index contributed by atoms with van der Waals surface area (Å²) in [7, 11) is 1.51. The molecule has 1 heterocycles. The molecule has 1 saturated carbocycles. The topological polar surface area (TPSA) is 134 Å². The van der Waals surface area contributed by atoms with Gasteiger partial charge in [-0.1, -0.05) is 43.5 Å². The molecule has 0 spiro atoms. The molecule has 0 radical (unpaired) electrons. The number of fused-ring (bicyclic) bond motifs is 1. The molecule has 10 heteroatoms. The molecular weight excluding hydrogens is 534 g/mol. The van der Waals surface area contributed by atoms with E-state index in [4.69, 9.17) is 10.5 Å². The number of rotatable bonds is 7. The third-order valence-corrected chi connectivity index (χ3v) is 8.93. The molecule has 1 aliphatic heterocycles. The minimum absolute atomic E-state index is 0.0556. The van der Waals surface area contributed by atoms with Crippen LogP contribution in [0.15, 0.2) is 24.3 Å². The van der Waals surface area contributed by atoms with Gasteiger partial charge in [-0.05, 0) is 83.3 Å². The summed E-state index contributed by atoms with van der Waals surface area (Å²) in [5.41, 5.74) is 8.01. The maximum Gasteiger partial charge on any atom is 0.410 e. The van der Waals surface area contributed by atoms with Crippen LogP contribution in [0.3, 0.4) is 0 Å². The van der Waals surface area contributed by atoms with Crippen molar-refractivity contribution in [3.63, 3.8) is 0 Å². The Balaban J connectivity index is 1.50. The largest absolute Gasteiger partial charge is 0.444 e. The lowest BCUT2D eigenvalue weighted by Crippen LogP contribution is -2.59. The van der Waals surface area contributed by atoms with Crippen LogP contribution < -0.4 is 16.4 Å². The van der Waals surface area contributed by atoms with Crippen LogP contribution in [0.1, 0.15) is 96.2 Å². The van der Waals surface area contributed by atoms with Gasteiger partial charge in [0.2, 0.25) is 17.7 Å². The molecule has 1 aromatic carbocycles. The zero-order valence-electron chi connectivity index (χ0n) is 25.9. The Kier molecular flexibility index (Phi) is 10.2. The van der Waals surface area contributed by atoms with Gasteiger partial charge in [-0.3, -0.25) is 19.3 Å². The van der Waals surface area contributed by atoms with E-state index in [0.29, 0.717) is 6.42 Å². The van der Waals surface area contributed by atoms with E-state index < -0.39 is 35.7 Å². The minimum atomic E-state index is -0.856. The Hall–Kier alpha value is -3.14. The van der Waals surface area contributed by atoms with Crippen molar-refractivity contribution >= 4 is 23.8 Å². The van der Waals surface area contributed by atoms with Crippen molar-refractivity contribution in [1.29, 1.82) is 0 Å². The smallest absolute Gasteiger partial charge is 0.410 e. The van der Waals surface area contributed by atoms with E-state index in [9.17, 15) is 19.2 Å². The van der Waals surface area contributed by atoms with Crippen LogP contribution in [-0.2, 0) is 25.5 Å². The van der Waals surface area contributed by atoms with E-state index >= 15 is 0 Å². The van der Waals surface area contributed by atoms with E-state index in [1.54, 1.807) is 32.6 Å². The standard InChI is InChI=1S/C32H49N5O5/c1-20(36(5)31(41)42-32(2,3)4)28(38)35-27(22-13-7-6-8-14-22)30(40)37-19-23(33)18-26(37)29(39)34-25-17-11-15-21-12-9-10-16-24(21)25/h9-10,12,16,20,22-23,25-27H,6-8,11,13-15,17-19,33H2,1-5H3,(H,34,39)(H,35,38). The van der Waals surface area contributed by atoms with Crippen LogP contribution in [-0.4, -0.2) is 77.0 Å². The van der Waals surface area contributed by atoms with Crippen LogP contribution in [0, 0.1) is 5.92 Å². The molecule has 4 N–H and O–H groups in total. The molecular formula is C32H49N5O5. The Morgan fingerprint density at radius 1 is 1.05 bits per heavy atom. The normalized spacial score (nSPS) is 24.2. The lowest BCUT2D eigenvalue weighted by atomic mass is 9.83. The summed E-state index contributed by atoms with van der Waals surface area (Å²) in [5, 5.41) is 6.19. The molecule has 2 fully saturated rings. The molecule has 1 saturated heterocycles. The number of nitrogens with one attached hydrogen (secondary N) is 2. The highest BCUT2D eigenvalue weighted by atomic mass is 16.6. The molecule has 0 bridgehead atoms. The van der Waals surface area contributed by atoms with E-state index in [-0.39, 0.29) is 36.4 Å². The Labute approximate surface area is 250 Å². The van der Waals surface area contributed by atoms with Crippen molar-refractivity contribution in [2.45, 2.75) is 121 Å². The number of benzene rings is 1.